The van der Waals surface area contributed by atoms with Gasteiger partial charge in [-0.15, -0.1) is 0 Å². The second-order valence-corrected chi connectivity index (χ2v) is 6.71. The predicted octanol–water partition coefficient (Wildman–Crippen LogP) is 3.70. The van der Waals surface area contributed by atoms with Gasteiger partial charge in [0, 0.05) is 31.2 Å². The van der Waals surface area contributed by atoms with Gasteiger partial charge in [0.25, 0.3) is 0 Å². The largest absolute Gasteiger partial charge is 0.313 e. The van der Waals surface area contributed by atoms with E-state index < -0.39 is 0 Å². The van der Waals surface area contributed by atoms with Crippen molar-refractivity contribution in [2.24, 2.45) is 5.92 Å². The molecule has 0 saturated heterocycles. The first-order valence-electron chi connectivity index (χ1n) is 8.48. The maximum Gasteiger partial charge on any atom is 0.127 e. The fraction of sp³-hybridized carbons (Fsp3) is 0.667. The lowest BCUT2D eigenvalue weighted by Crippen LogP contribution is -2.28. The predicted molar refractivity (Wildman–Crippen MR) is 84.6 cm³/mol. The van der Waals surface area contributed by atoms with Gasteiger partial charge in [0.05, 0.1) is 0 Å². The zero-order chi connectivity index (χ0) is 14.7. The number of hydrogen-bond donors (Lipinski definition) is 1. The van der Waals surface area contributed by atoms with Crippen molar-refractivity contribution < 1.29 is 4.39 Å². The Labute approximate surface area is 127 Å². The van der Waals surface area contributed by atoms with Gasteiger partial charge >= 0.3 is 0 Å². The van der Waals surface area contributed by atoms with Crippen molar-refractivity contribution in [3.05, 3.63) is 35.1 Å². The molecule has 2 aliphatic rings. The van der Waals surface area contributed by atoms with Crippen molar-refractivity contribution in [3.63, 3.8) is 0 Å². The normalized spacial score (nSPS) is 18.4. The van der Waals surface area contributed by atoms with E-state index in [9.17, 15) is 4.39 Å². The molecule has 0 spiro atoms. The minimum Gasteiger partial charge on any atom is -0.313 e. The fourth-order valence-corrected chi connectivity index (χ4v) is 2.90. The molecule has 0 aliphatic heterocycles. The van der Waals surface area contributed by atoms with E-state index in [0.717, 1.165) is 37.5 Å². The van der Waals surface area contributed by atoms with E-state index >= 15 is 0 Å². The molecule has 0 atom stereocenters. The van der Waals surface area contributed by atoms with Crippen molar-refractivity contribution in [2.75, 3.05) is 13.1 Å². The van der Waals surface area contributed by atoms with E-state index in [1.54, 1.807) is 6.07 Å². The molecule has 2 saturated carbocycles. The van der Waals surface area contributed by atoms with Crippen LogP contribution in [0.15, 0.2) is 18.2 Å². The molecule has 3 rings (SSSR count). The van der Waals surface area contributed by atoms with Crippen molar-refractivity contribution >= 4 is 0 Å². The van der Waals surface area contributed by atoms with E-state index in [2.05, 4.69) is 23.2 Å². The Morgan fingerprint density at radius 1 is 1.24 bits per heavy atom. The highest BCUT2D eigenvalue weighted by molar-refractivity contribution is 5.25. The number of halogens is 1. The lowest BCUT2D eigenvalue weighted by molar-refractivity contribution is 0.240. The summed E-state index contributed by atoms with van der Waals surface area (Å²) >= 11 is 0. The van der Waals surface area contributed by atoms with Gasteiger partial charge in [-0.25, -0.2) is 4.39 Å². The minimum absolute atomic E-state index is 0.0457. The highest BCUT2D eigenvalue weighted by atomic mass is 19.1. The third kappa shape index (κ3) is 4.52. The second-order valence-electron chi connectivity index (χ2n) is 6.71. The Balaban J connectivity index is 1.62. The lowest BCUT2D eigenvalue weighted by atomic mass is 10.1. The Morgan fingerprint density at radius 2 is 2.05 bits per heavy atom. The molecule has 2 aliphatic carbocycles. The maximum atomic E-state index is 14.1. The molecule has 1 aromatic rings. The zero-order valence-corrected chi connectivity index (χ0v) is 13.1. The summed E-state index contributed by atoms with van der Waals surface area (Å²) in [5.74, 6) is 0.832. The molecule has 21 heavy (non-hydrogen) atoms. The first-order chi connectivity index (χ1) is 10.3. The minimum atomic E-state index is -0.0457. The summed E-state index contributed by atoms with van der Waals surface area (Å²) in [6, 6.07) is 6.32. The zero-order valence-electron chi connectivity index (χ0n) is 13.1. The Kier molecular flexibility index (Phi) is 4.91. The summed E-state index contributed by atoms with van der Waals surface area (Å²) in [4.78, 5) is 2.51. The Bertz CT molecular complexity index is 466. The van der Waals surface area contributed by atoms with Crippen molar-refractivity contribution in [1.29, 1.82) is 0 Å². The van der Waals surface area contributed by atoms with Gasteiger partial charge in [-0.2, -0.15) is 0 Å². The molecule has 1 aromatic carbocycles. The van der Waals surface area contributed by atoms with Crippen LogP contribution >= 0.6 is 0 Å². The van der Waals surface area contributed by atoms with Crippen LogP contribution in [0, 0.1) is 11.7 Å². The van der Waals surface area contributed by atoms with E-state index in [1.165, 1.54) is 37.8 Å². The van der Waals surface area contributed by atoms with Crippen molar-refractivity contribution in [3.8, 4) is 0 Å². The monoisotopic (exact) mass is 290 g/mol. The topological polar surface area (TPSA) is 15.3 Å². The number of benzene rings is 1. The molecule has 3 heteroatoms. The molecule has 0 heterocycles. The summed E-state index contributed by atoms with van der Waals surface area (Å²) in [5, 5.41) is 3.39. The van der Waals surface area contributed by atoms with Crippen LogP contribution < -0.4 is 5.32 Å². The molecule has 0 amide bonds. The lowest BCUT2D eigenvalue weighted by Gasteiger charge is -2.22. The van der Waals surface area contributed by atoms with Gasteiger partial charge in [0.1, 0.15) is 5.82 Å². The number of hydrogen-bond acceptors (Lipinski definition) is 2. The molecule has 0 radical (unpaired) electrons. The molecule has 0 bridgehead atoms. The van der Waals surface area contributed by atoms with Crippen LogP contribution in [-0.4, -0.2) is 24.0 Å². The molecule has 0 unspecified atom stereocenters. The van der Waals surface area contributed by atoms with E-state index in [4.69, 9.17) is 0 Å². The van der Waals surface area contributed by atoms with Gasteiger partial charge in [-0.1, -0.05) is 19.1 Å². The van der Waals surface area contributed by atoms with Gasteiger partial charge in [0.2, 0.25) is 0 Å². The van der Waals surface area contributed by atoms with Crippen LogP contribution in [0.5, 0.6) is 0 Å². The SMILES string of the molecule is CCCNCc1ccc(F)c(CN(CC2CC2)C2CC2)c1. The molecular formula is C18H27FN2. The van der Waals surface area contributed by atoms with E-state index in [0.29, 0.717) is 6.04 Å². The Morgan fingerprint density at radius 3 is 2.71 bits per heavy atom. The van der Waals surface area contributed by atoms with Gasteiger partial charge in [0.15, 0.2) is 0 Å². The number of nitrogens with zero attached hydrogens (tertiary/aromatic N) is 1. The van der Waals surface area contributed by atoms with Crippen LogP contribution in [0.3, 0.4) is 0 Å². The standard InChI is InChI=1S/C18H27FN2/c1-2-9-20-11-15-5-8-18(19)16(10-15)13-21(17-6-7-17)12-14-3-4-14/h5,8,10,14,17,20H,2-4,6-7,9,11-13H2,1H3. The fourth-order valence-electron chi connectivity index (χ4n) is 2.90. The smallest absolute Gasteiger partial charge is 0.127 e. The molecule has 116 valence electrons. The highest BCUT2D eigenvalue weighted by Gasteiger charge is 2.33. The summed E-state index contributed by atoms with van der Waals surface area (Å²) in [6.07, 6.45) is 6.46. The number of rotatable bonds is 9. The first-order valence-corrected chi connectivity index (χ1v) is 8.48. The summed E-state index contributed by atoms with van der Waals surface area (Å²) in [6.45, 7) is 5.97. The third-order valence-electron chi connectivity index (χ3n) is 4.49. The van der Waals surface area contributed by atoms with Crippen molar-refractivity contribution in [1.82, 2.24) is 10.2 Å². The van der Waals surface area contributed by atoms with Crippen LogP contribution in [0.1, 0.15) is 50.2 Å². The maximum absolute atomic E-state index is 14.1. The van der Waals surface area contributed by atoms with E-state index in [-0.39, 0.29) is 5.82 Å². The molecular weight excluding hydrogens is 263 g/mol. The molecule has 2 fully saturated rings. The average molecular weight is 290 g/mol. The average Bonchev–Trinajstić information content (AvgIpc) is 3.35. The van der Waals surface area contributed by atoms with E-state index in [1.807, 2.05) is 6.07 Å². The molecule has 2 nitrogen and oxygen atoms in total. The van der Waals surface area contributed by atoms with Crippen LogP contribution in [0.2, 0.25) is 0 Å². The quantitative estimate of drug-likeness (QED) is 0.698. The Hall–Kier alpha value is -0.930. The van der Waals surface area contributed by atoms with Gasteiger partial charge < -0.3 is 5.32 Å². The van der Waals surface area contributed by atoms with Crippen molar-refractivity contribution in [2.45, 2.75) is 58.2 Å². The molecule has 1 N–H and O–H groups in total. The van der Waals surface area contributed by atoms with Gasteiger partial charge in [-0.05, 0) is 56.2 Å². The van der Waals surface area contributed by atoms with Crippen LogP contribution in [0.4, 0.5) is 4.39 Å². The summed E-state index contributed by atoms with van der Waals surface area (Å²) in [7, 11) is 0. The summed E-state index contributed by atoms with van der Waals surface area (Å²) < 4.78 is 14.1. The highest BCUT2D eigenvalue weighted by Crippen LogP contribution is 2.35. The summed E-state index contributed by atoms with van der Waals surface area (Å²) in [5.41, 5.74) is 2.07. The second kappa shape index (κ2) is 6.89. The van der Waals surface area contributed by atoms with Crippen LogP contribution in [0.25, 0.3) is 0 Å². The van der Waals surface area contributed by atoms with Crippen LogP contribution in [-0.2, 0) is 13.1 Å². The third-order valence-corrected chi connectivity index (χ3v) is 4.49. The number of nitrogens with one attached hydrogen (secondary N) is 1. The first kappa shape index (κ1) is 15.0. The molecule has 0 aromatic heterocycles. The van der Waals surface area contributed by atoms with Gasteiger partial charge in [-0.3, -0.25) is 4.90 Å².